The van der Waals surface area contributed by atoms with Gasteiger partial charge >= 0.3 is 0 Å². The summed E-state index contributed by atoms with van der Waals surface area (Å²) in [6, 6.07) is 1.99. The van der Waals surface area contributed by atoms with E-state index in [1.807, 2.05) is 32.4 Å². The molecule has 68 valence electrons. The minimum Gasteiger partial charge on any atom is -0.383 e. The van der Waals surface area contributed by atoms with E-state index < -0.39 is 0 Å². The lowest BCUT2D eigenvalue weighted by Crippen LogP contribution is -1.97. The third-order valence-electron chi connectivity index (χ3n) is 2.15. The van der Waals surface area contributed by atoms with Crippen LogP contribution < -0.4 is 5.73 Å². The number of hydrogen-bond acceptors (Lipinski definition) is 2. The Bertz CT molecular complexity index is 411. The first-order chi connectivity index (χ1) is 6.20. The van der Waals surface area contributed by atoms with Crippen molar-refractivity contribution in [3.8, 4) is 11.1 Å². The van der Waals surface area contributed by atoms with Gasteiger partial charge in [0.1, 0.15) is 5.82 Å². The zero-order valence-corrected chi connectivity index (χ0v) is 7.70. The van der Waals surface area contributed by atoms with E-state index in [9.17, 15) is 0 Å². The van der Waals surface area contributed by atoms with Gasteiger partial charge in [0.05, 0.1) is 5.69 Å². The van der Waals surface area contributed by atoms with Crippen molar-refractivity contribution in [1.29, 1.82) is 0 Å². The van der Waals surface area contributed by atoms with Crippen molar-refractivity contribution in [3.05, 3.63) is 24.2 Å². The average molecular weight is 176 g/mol. The van der Waals surface area contributed by atoms with Crippen molar-refractivity contribution in [2.24, 2.45) is 7.05 Å². The van der Waals surface area contributed by atoms with E-state index in [0.717, 1.165) is 16.8 Å². The van der Waals surface area contributed by atoms with Crippen LogP contribution >= 0.6 is 0 Å². The lowest BCUT2D eigenvalue weighted by Gasteiger charge is -1.97. The molecule has 0 bridgehead atoms. The van der Waals surface area contributed by atoms with E-state index in [4.69, 9.17) is 5.73 Å². The molecule has 2 rings (SSSR count). The summed E-state index contributed by atoms with van der Waals surface area (Å²) in [6.07, 6.45) is 3.79. The normalized spacial score (nSPS) is 10.6. The quantitative estimate of drug-likeness (QED) is 0.688. The Labute approximate surface area is 76.4 Å². The highest BCUT2D eigenvalue weighted by molar-refractivity contribution is 5.75. The van der Waals surface area contributed by atoms with E-state index in [1.54, 1.807) is 4.68 Å². The van der Waals surface area contributed by atoms with Crippen LogP contribution in [0, 0.1) is 6.92 Å². The molecule has 2 aromatic heterocycles. The van der Waals surface area contributed by atoms with Crippen LogP contribution in [0.25, 0.3) is 11.1 Å². The van der Waals surface area contributed by atoms with Crippen LogP contribution in [0.4, 0.5) is 5.82 Å². The molecule has 0 aromatic carbocycles. The van der Waals surface area contributed by atoms with Crippen LogP contribution in [0.3, 0.4) is 0 Å². The highest BCUT2D eigenvalue weighted by Crippen LogP contribution is 2.27. The zero-order chi connectivity index (χ0) is 9.42. The van der Waals surface area contributed by atoms with E-state index >= 15 is 0 Å². The van der Waals surface area contributed by atoms with Gasteiger partial charge in [-0.25, -0.2) is 0 Å². The monoisotopic (exact) mass is 176 g/mol. The average Bonchev–Trinajstić information content (AvgIpc) is 2.63. The molecule has 0 unspecified atom stereocenters. The molecule has 0 amide bonds. The van der Waals surface area contributed by atoms with Crippen LogP contribution in [-0.4, -0.2) is 14.8 Å². The topological polar surface area (TPSA) is 59.6 Å². The minimum atomic E-state index is 0.706. The summed E-state index contributed by atoms with van der Waals surface area (Å²) in [4.78, 5) is 3.00. The maximum absolute atomic E-state index is 5.88. The second-order valence-corrected chi connectivity index (χ2v) is 3.07. The molecule has 2 aromatic rings. The van der Waals surface area contributed by atoms with Gasteiger partial charge in [-0.05, 0) is 13.0 Å². The molecule has 0 radical (unpaired) electrons. The summed E-state index contributed by atoms with van der Waals surface area (Å²) in [6.45, 7) is 1.96. The molecule has 0 atom stereocenters. The molecule has 4 nitrogen and oxygen atoms in total. The van der Waals surface area contributed by atoms with Gasteiger partial charge in [0.2, 0.25) is 0 Å². The number of H-pyrrole nitrogens is 1. The van der Waals surface area contributed by atoms with Gasteiger partial charge in [0.25, 0.3) is 0 Å². The lowest BCUT2D eigenvalue weighted by atomic mass is 10.1. The third-order valence-corrected chi connectivity index (χ3v) is 2.15. The van der Waals surface area contributed by atoms with Gasteiger partial charge in [0.15, 0.2) is 0 Å². The number of nitrogens with zero attached hydrogens (tertiary/aromatic N) is 2. The molecule has 0 aliphatic carbocycles. The molecular weight excluding hydrogens is 164 g/mol. The highest BCUT2D eigenvalue weighted by atomic mass is 15.3. The molecule has 2 heterocycles. The standard InChI is InChI=1S/C9H12N4/c1-6-8(7-3-4-11-5-7)9(10)13(2)12-6/h3-5,11H,10H2,1-2H3. The Hall–Kier alpha value is -1.71. The van der Waals surface area contributed by atoms with Crippen LogP contribution in [0.2, 0.25) is 0 Å². The molecule has 4 heteroatoms. The summed E-state index contributed by atoms with van der Waals surface area (Å²) in [5, 5.41) is 4.24. The zero-order valence-electron chi connectivity index (χ0n) is 7.70. The fraction of sp³-hybridized carbons (Fsp3) is 0.222. The SMILES string of the molecule is Cc1nn(C)c(N)c1-c1cc[nH]c1. The number of nitrogens with two attached hydrogens (primary N) is 1. The van der Waals surface area contributed by atoms with Gasteiger partial charge in [-0.15, -0.1) is 0 Å². The number of anilines is 1. The van der Waals surface area contributed by atoms with Crippen LogP contribution in [0.1, 0.15) is 5.69 Å². The Balaban J connectivity index is 2.64. The number of nitrogen functional groups attached to an aromatic ring is 1. The highest BCUT2D eigenvalue weighted by Gasteiger charge is 2.11. The van der Waals surface area contributed by atoms with Gasteiger partial charge in [0, 0.05) is 30.6 Å². The summed E-state index contributed by atoms with van der Waals surface area (Å²) in [5.41, 5.74) is 8.94. The van der Waals surface area contributed by atoms with Crippen molar-refractivity contribution >= 4 is 5.82 Å². The number of nitrogens with one attached hydrogen (secondary N) is 1. The van der Waals surface area contributed by atoms with E-state index in [-0.39, 0.29) is 0 Å². The fourth-order valence-corrected chi connectivity index (χ4v) is 1.51. The lowest BCUT2D eigenvalue weighted by molar-refractivity contribution is 0.767. The molecule has 0 saturated carbocycles. The summed E-state index contributed by atoms with van der Waals surface area (Å²) < 4.78 is 1.69. The minimum absolute atomic E-state index is 0.706. The van der Waals surface area contributed by atoms with Crippen molar-refractivity contribution in [3.63, 3.8) is 0 Å². The van der Waals surface area contributed by atoms with E-state index in [1.165, 1.54) is 0 Å². The third kappa shape index (κ3) is 1.11. The molecular formula is C9H12N4. The van der Waals surface area contributed by atoms with E-state index in [2.05, 4.69) is 10.1 Å². The van der Waals surface area contributed by atoms with Gasteiger partial charge in [-0.3, -0.25) is 4.68 Å². The summed E-state index contributed by atoms with van der Waals surface area (Å²) in [5.74, 6) is 0.706. The Morgan fingerprint density at radius 2 is 2.31 bits per heavy atom. The molecule has 0 spiro atoms. The first-order valence-corrected chi connectivity index (χ1v) is 4.12. The first kappa shape index (κ1) is 7.91. The largest absolute Gasteiger partial charge is 0.383 e. The molecule has 3 N–H and O–H groups in total. The summed E-state index contributed by atoms with van der Waals surface area (Å²) in [7, 11) is 1.85. The second kappa shape index (κ2) is 2.65. The maximum Gasteiger partial charge on any atom is 0.129 e. The Kier molecular flexibility index (Phi) is 1.62. The number of hydrogen-bond donors (Lipinski definition) is 2. The van der Waals surface area contributed by atoms with Gasteiger partial charge in [-0.2, -0.15) is 5.10 Å². The van der Waals surface area contributed by atoms with Crippen LogP contribution in [0.5, 0.6) is 0 Å². The first-order valence-electron chi connectivity index (χ1n) is 4.12. The smallest absolute Gasteiger partial charge is 0.129 e. The van der Waals surface area contributed by atoms with Crippen molar-refractivity contribution in [2.45, 2.75) is 6.92 Å². The van der Waals surface area contributed by atoms with E-state index in [0.29, 0.717) is 5.82 Å². The predicted octanol–water partition coefficient (Wildman–Crippen LogP) is 1.31. The van der Waals surface area contributed by atoms with Gasteiger partial charge in [-0.1, -0.05) is 0 Å². The fourth-order valence-electron chi connectivity index (χ4n) is 1.51. The Morgan fingerprint density at radius 1 is 1.54 bits per heavy atom. The second-order valence-electron chi connectivity index (χ2n) is 3.07. The maximum atomic E-state index is 5.88. The molecule has 0 fully saturated rings. The van der Waals surface area contributed by atoms with Crippen molar-refractivity contribution in [1.82, 2.24) is 14.8 Å². The van der Waals surface area contributed by atoms with Crippen LogP contribution in [0.15, 0.2) is 18.5 Å². The van der Waals surface area contributed by atoms with Gasteiger partial charge < -0.3 is 10.7 Å². The predicted molar refractivity (Wildman–Crippen MR) is 52.1 cm³/mol. The molecule has 0 saturated heterocycles. The van der Waals surface area contributed by atoms with Crippen molar-refractivity contribution in [2.75, 3.05) is 5.73 Å². The van der Waals surface area contributed by atoms with Crippen LogP contribution in [-0.2, 0) is 7.05 Å². The number of aromatic nitrogens is 3. The molecule has 13 heavy (non-hydrogen) atoms. The number of rotatable bonds is 1. The molecule has 0 aliphatic rings. The number of aryl methyl sites for hydroxylation is 2. The molecule has 0 aliphatic heterocycles. The number of aromatic amines is 1. The Morgan fingerprint density at radius 3 is 2.77 bits per heavy atom. The van der Waals surface area contributed by atoms with Crippen molar-refractivity contribution < 1.29 is 0 Å². The summed E-state index contributed by atoms with van der Waals surface area (Å²) >= 11 is 0.